The van der Waals surface area contributed by atoms with Crippen molar-refractivity contribution < 1.29 is 14.3 Å². The predicted molar refractivity (Wildman–Crippen MR) is 112 cm³/mol. The first-order valence-corrected chi connectivity index (χ1v) is 9.35. The molecule has 3 aromatic carbocycles. The highest BCUT2D eigenvalue weighted by Crippen LogP contribution is 2.27. The molecule has 1 N–H and O–H groups in total. The third kappa shape index (κ3) is 5.51. The average Bonchev–Trinajstić information content (AvgIpc) is 2.69. The summed E-state index contributed by atoms with van der Waals surface area (Å²) in [6, 6.07) is 20.9. The molecule has 0 unspecified atom stereocenters. The molecule has 1 amide bonds. The smallest absolute Gasteiger partial charge is 0.262 e. The van der Waals surface area contributed by atoms with Gasteiger partial charge in [-0.05, 0) is 60.9 Å². The third-order valence-electron chi connectivity index (χ3n) is 4.14. The summed E-state index contributed by atoms with van der Waals surface area (Å²) >= 11 is 6.22. The maximum absolute atomic E-state index is 12.2. The second kappa shape index (κ2) is 9.29. The zero-order valence-electron chi connectivity index (χ0n) is 15.9. The Bertz CT molecular complexity index is 917. The first kappa shape index (κ1) is 19.8. The summed E-state index contributed by atoms with van der Waals surface area (Å²) < 4.78 is 11.3. The molecule has 28 heavy (non-hydrogen) atoms. The number of aryl methyl sites for hydroxylation is 2. The van der Waals surface area contributed by atoms with Crippen molar-refractivity contribution in [1.29, 1.82) is 0 Å². The van der Waals surface area contributed by atoms with Gasteiger partial charge in [0, 0.05) is 0 Å². The van der Waals surface area contributed by atoms with E-state index in [1.54, 1.807) is 12.1 Å². The minimum Gasteiger partial charge on any atom is -0.489 e. The van der Waals surface area contributed by atoms with Gasteiger partial charge >= 0.3 is 0 Å². The number of rotatable bonds is 7. The van der Waals surface area contributed by atoms with Crippen LogP contribution in [0.3, 0.4) is 0 Å². The molecule has 3 aromatic rings. The van der Waals surface area contributed by atoms with Gasteiger partial charge in [0.2, 0.25) is 0 Å². The molecular weight excluding hydrogens is 374 g/mol. The largest absolute Gasteiger partial charge is 0.489 e. The van der Waals surface area contributed by atoms with E-state index in [0.29, 0.717) is 23.1 Å². The lowest BCUT2D eigenvalue weighted by Gasteiger charge is -2.12. The molecule has 3 rings (SSSR count). The number of nitrogens with one attached hydrogen (secondary N) is 1. The van der Waals surface area contributed by atoms with Crippen molar-refractivity contribution in [2.24, 2.45) is 0 Å². The van der Waals surface area contributed by atoms with Crippen LogP contribution in [-0.2, 0) is 11.4 Å². The number of halogens is 1. The van der Waals surface area contributed by atoms with Gasteiger partial charge in [0.15, 0.2) is 6.61 Å². The van der Waals surface area contributed by atoms with Gasteiger partial charge in [-0.1, -0.05) is 48.0 Å². The number of carbonyl (C=O) groups excluding carboxylic acids is 1. The molecule has 0 aliphatic heterocycles. The summed E-state index contributed by atoms with van der Waals surface area (Å²) in [5, 5.41) is 3.32. The molecule has 0 aromatic heterocycles. The van der Waals surface area contributed by atoms with E-state index in [1.165, 1.54) is 0 Å². The fourth-order valence-electron chi connectivity index (χ4n) is 2.77. The second-order valence-electron chi connectivity index (χ2n) is 6.52. The molecule has 0 saturated heterocycles. The van der Waals surface area contributed by atoms with Crippen LogP contribution < -0.4 is 14.8 Å². The minimum absolute atomic E-state index is 0.103. The van der Waals surface area contributed by atoms with Crippen LogP contribution in [0.5, 0.6) is 11.5 Å². The zero-order chi connectivity index (χ0) is 19.9. The molecule has 0 radical (unpaired) electrons. The molecule has 144 valence electrons. The molecule has 0 atom stereocenters. The lowest BCUT2D eigenvalue weighted by atomic mass is 10.1. The van der Waals surface area contributed by atoms with Crippen molar-refractivity contribution in [2.45, 2.75) is 20.5 Å². The van der Waals surface area contributed by atoms with Gasteiger partial charge in [-0.3, -0.25) is 4.79 Å². The molecule has 0 heterocycles. The minimum atomic E-state index is -0.266. The highest BCUT2D eigenvalue weighted by atomic mass is 35.5. The summed E-state index contributed by atoms with van der Waals surface area (Å²) in [6.45, 7) is 4.26. The average molecular weight is 396 g/mol. The highest BCUT2D eigenvalue weighted by Gasteiger charge is 2.10. The molecule has 0 aliphatic rings. The van der Waals surface area contributed by atoms with Gasteiger partial charge in [0.1, 0.15) is 18.1 Å². The topological polar surface area (TPSA) is 47.6 Å². The molecule has 0 aliphatic carbocycles. The number of carbonyl (C=O) groups is 1. The van der Waals surface area contributed by atoms with Crippen LogP contribution in [0.2, 0.25) is 5.02 Å². The van der Waals surface area contributed by atoms with E-state index < -0.39 is 0 Å². The zero-order valence-corrected chi connectivity index (χ0v) is 16.6. The van der Waals surface area contributed by atoms with Crippen LogP contribution in [0.1, 0.15) is 16.7 Å². The summed E-state index contributed by atoms with van der Waals surface area (Å²) in [6.07, 6.45) is 0. The maximum atomic E-state index is 12.2. The quantitative estimate of drug-likeness (QED) is 0.570. The first-order chi connectivity index (χ1) is 13.5. The van der Waals surface area contributed by atoms with Crippen molar-refractivity contribution in [2.75, 3.05) is 11.9 Å². The van der Waals surface area contributed by atoms with E-state index in [4.69, 9.17) is 21.1 Å². The summed E-state index contributed by atoms with van der Waals surface area (Å²) in [4.78, 5) is 12.2. The standard InChI is InChI=1S/C23H22ClNO3/c1-16-12-17(2)23(21(24)13-16)25-22(26)15-28-20-10-8-19(9-11-20)27-14-18-6-4-3-5-7-18/h3-13H,14-15H2,1-2H3,(H,25,26). The number of anilines is 1. The summed E-state index contributed by atoms with van der Waals surface area (Å²) in [5.41, 5.74) is 3.68. The van der Waals surface area contributed by atoms with Gasteiger partial charge in [0.25, 0.3) is 5.91 Å². The summed E-state index contributed by atoms with van der Waals surface area (Å²) in [7, 11) is 0. The van der Waals surface area contributed by atoms with Gasteiger partial charge in [-0.15, -0.1) is 0 Å². The second-order valence-corrected chi connectivity index (χ2v) is 6.93. The van der Waals surface area contributed by atoms with Crippen molar-refractivity contribution in [3.8, 4) is 11.5 Å². The Morgan fingerprint density at radius 2 is 1.57 bits per heavy atom. The van der Waals surface area contributed by atoms with Crippen molar-refractivity contribution in [3.63, 3.8) is 0 Å². The van der Waals surface area contributed by atoms with E-state index in [2.05, 4.69) is 5.32 Å². The fraction of sp³-hybridized carbons (Fsp3) is 0.174. The van der Waals surface area contributed by atoms with Crippen molar-refractivity contribution >= 4 is 23.2 Å². The normalized spacial score (nSPS) is 10.4. The molecule has 4 nitrogen and oxygen atoms in total. The Kier molecular flexibility index (Phi) is 6.56. The van der Waals surface area contributed by atoms with Gasteiger partial charge < -0.3 is 14.8 Å². The van der Waals surface area contributed by atoms with Crippen LogP contribution in [0.25, 0.3) is 0 Å². The molecule has 0 fully saturated rings. The number of ether oxygens (including phenoxy) is 2. The maximum Gasteiger partial charge on any atom is 0.262 e. The lowest BCUT2D eigenvalue weighted by molar-refractivity contribution is -0.118. The van der Waals surface area contributed by atoms with E-state index in [1.807, 2.05) is 68.4 Å². The van der Waals surface area contributed by atoms with Gasteiger partial charge in [-0.25, -0.2) is 0 Å². The first-order valence-electron chi connectivity index (χ1n) is 8.97. The fourth-order valence-corrected chi connectivity index (χ4v) is 3.14. The van der Waals surface area contributed by atoms with E-state index in [-0.39, 0.29) is 12.5 Å². The van der Waals surface area contributed by atoms with E-state index in [0.717, 1.165) is 22.4 Å². The Morgan fingerprint density at radius 3 is 2.21 bits per heavy atom. The van der Waals surface area contributed by atoms with E-state index in [9.17, 15) is 4.79 Å². The lowest BCUT2D eigenvalue weighted by Crippen LogP contribution is -2.21. The summed E-state index contributed by atoms with van der Waals surface area (Å²) in [5.74, 6) is 1.06. The SMILES string of the molecule is Cc1cc(C)c(NC(=O)COc2ccc(OCc3ccccc3)cc2)c(Cl)c1. The predicted octanol–water partition coefficient (Wildman–Crippen LogP) is 5.55. The monoisotopic (exact) mass is 395 g/mol. The Morgan fingerprint density at radius 1 is 0.929 bits per heavy atom. The van der Waals surface area contributed by atoms with Crippen molar-refractivity contribution in [3.05, 3.63) is 88.4 Å². The van der Waals surface area contributed by atoms with E-state index >= 15 is 0 Å². The number of benzene rings is 3. The third-order valence-corrected chi connectivity index (χ3v) is 4.44. The molecular formula is C23H22ClNO3. The van der Waals surface area contributed by atoms with Crippen molar-refractivity contribution in [1.82, 2.24) is 0 Å². The molecule has 0 spiro atoms. The Hall–Kier alpha value is -2.98. The Balaban J connectivity index is 1.50. The van der Waals surface area contributed by atoms with Crippen LogP contribution in [0.4, 0.5) is 5.69 Å². The van der Waals surface area contributed by atoms with Crippen LogP contribution in [0, 0.1) is 13.8 Å². The van der Waals surface area contributed by atoms with Crippen LogP contribution in [-0.4, -0.2) is 12.5 Å². The molecule has 0 saturated carbocycles. The van der Waals surface area contributed by atoms with Crippen LogP contribution >= 0.6 is 11.6 Å². The number of amides is 1. The molecule has 5 heteroatoms. The van der Waals surface area contributed by atoms with Gasteiger partial charge in [-0.2, -0.15) is 0 Å². The number of hydrogen-bond donors (Lipinski definition) is 1. The van der Waals surface area contributed by atoms with Gasteiger partial charge in [0.05, 0.1) is 10.7 Å². The Labute approximate surface area is 170 Å². The number of hydrogen-bond acceptors (Lipinski definition) is 3. The molecule has 0 bridgehead atoms. The van der Waals surface area contributed by atoms with Crippen LogP contribution in [0.15, 0.2) is 66.7 Å². The highest BCUT2D eigenvalue weighted by molar-refractivity contribution is 6.34.